The van der Waals surface area contributed by atoms with Crippen LogP contribution in [0.15, 0.2) is 40.2 Å². The van der Waals surface area contributed by atoms with Gasteiger partial charge in [-0.15, -0.1) is 0 Å². The highest BCUT2D eigenvalue weighted by Gasteiger charge is 2.42. The van der Waals surface area contributed by atoms with E-state index in [1.54, 1.807) is 35.6 Å². The molecule has 2 heterocycles. The van der Waals surface area contributed by atoms with E-state index in [9.17, 15) is 14.9 Å². The highest BCUT2D eigenvalue weighted by atomic mass is 127. The van der Waals surface area contributed by atoms with Crippen molar-refractivity contribution in [1.29, 1.82) is 0 Å². The number of rotatable bonds is 10. The van der Waals surface area contributed by atoms with Crippen molar-refractivity contribution in [3.8, 4) is 0 Å². The van der Waals surface area contributed by atoms with E-state index in [1.807, 2.05) is 14.1 Å². The van der Waals surface area contributed by atoms with Crippen molar-refractivity contribution in [2.45, 2.75) is 70.4 Å². The summed E-state index contributed by atoms with van der Waals surface area (Å²) in [6.07, 6.45) is 2.09. The first kappa shape index (κ1) is 30.3. The van der Waals surface area contributed by atoms with E-state index < -0.39 is 37.4 Å². The molecule has 13 heteroatoms. The summed E-state index contributed by atoms with van der Waals surface area (Å²) in [5.41, 5.74) is -0.00730. The maximum atomic E-state index is 12.9. The first-order valence-electron chi connectivity index (χ1n) is 12.3. The minimum atomic E-state index is -2.09. The first-order chi connectivity index (χ1) is 17.7. The zero-order valence-electron chi connectivity index (χ0n) is 22.9. The van der Waals surface area contributed by atoms with Gasteiger partial charge in [-0.05, 0) is 46.8 Å². The molecule has 1 aromatic heterocycles. The maximum absolute atomic E-state index is 12.9. The van der Waals surface area contributed by atoms with Crippen molar-refractivity contribution in [3.05, 3.63) is 60.2 Å². The zero-order valence-corrected chi connectivity index (χ0v) is 26.0. The second kappa shape index (κ2) is 12.3. The van der Waals surface area contributed by atoms with Gasteiger partial charge in [0.2, 0.25) is 0 Å². The summed E-state index contributed by atoms with van der Waals surface area (Å²) < 4.78 is 21.1. The third-order valence-corrected chi connectivity index (χ3v) is 12.1. The molecule has 1 aliphatic rings. The zero-order chi connectivity index (χ0) is 28.3. The number of halogens is 1. The Bertz CT molecular complexity index is 1230. The van der Waals surface area contributed by atoms with Crippen LogP contribution in [0.2, 0.25) is 18.1 Å². The van der Waals surface area contributed by atoms with Crippen LogP contribution in [0.1, 0.15) is 39.0 Å². The summed E-state index contributed by atoms with van der Waals surface area (Å²) in [4.78, 5) is 34.1. The fourth-order valence-corrected chi connectivity index (χ4v) is 5.19. The molecule has 0 unspecified atom stereocenters. The fraction of sp³-hybridized carbons (Fsp3) is 0.560. The summed E-state index contributed by atoms with van der Waals surface area (Å²) in [6.45, 7) is 11.1. The lowest BCUT2D eigenvalue weighted by molar-refractivity contribution is -0.386. The third kappa shape index (κ3) is 7.46. The molecule has 0 radical (unpaired) electrons. The Labute approximate surface area is 237 Å². The molecule has 0 bridgehead atoms. The van der Waals surface area contributed by atoms with Gasteiger partial charge < -0.3 is 18.8 Å². The van der Waals surface area contributed by atoms with Gasteiger partial charge in [-0.3, -0.25) is 14.7 Å². The van der Waals surface area contributed by atoms with Gasteiger partial charge in [-0.25, -0.2) is 9.79 Å². The van der Waals surface area contributed by atoms with Crippen LogP contribution in [0.3, 0.4) is 0 Å². The molecule has 2 aromatic rings. The number of hydrogen-bond donors (Lipinski definition) is 0. The number of aromatic nitrogens is 2. The molecule has 0 saturated carbocycles. The molecule has 1 aliphatic heterocycles. The Kier molecular flexibility index (Phi) is 9.84. The van der Waals surface area contributed by atoms with Gasteiger partial charge in [-0.1, -0.05) is 32.9 Å². The van der Waals surface area contributed by atoms with E-state index in [-0.39, 0.29) is 17.3 Å². The molecule has 0 spiro atoms. The van der Waals surface area contributed by atoms with Gasteiger partial charge in [0.1, 0.15) is 12.3 Å². The monoisotopic (exact) mass is 657 g/mol. The van der Waals surface area contributed by atoms with Crippen molar-refractivity contribution in [3.63, 3.8) is 0 Å². The number of hydrogen-bond acceptors (Lipinski definition) is 8. The molecule has 0 aliphatic carbocycles. The Morgan fingerprint density at radius 2 is 2.03 bits per heavy atom. The molecule has 1 aromatic carbocycles. The molecule has 1 fully saturated rings. The Hall–Kier alpha value is -2.20. The lowest BCUT2D eigenvalue weighted by Crippen LogP contribution is -2.44. The van der Waals surface area contributed by atoms with Crippen LogP contribution in [0.25, 0.3) is 0 Å². The van der Waals surface area contributed by atoms with Gasteiger partial charge in [0.25, 0.3) is 5.69 Å². The number of para-hydroxylation sites is 1. The molecule has 3 atom stereocenters. The van der Waals surface area contributed by atoms with Crippen molar-refractivity contribution in [1.82, 2.24) is 14.5 Å². The second-order valence-corrected chi connectivity index (χ2v) is 17.0. The van der Waals surface area contributed by atoms with Crippen molar-refractivity contribution in [2.75, 3.05) is 20.7 Å². The number of nitro benzene ring substituents is 1. The largest absolute Gasteiger partial charge is 0.414 e. The highest BCUT2D eigenvalue weighted by molar-refractivity contribution is 14.1. The summed E-state index contributed by atoms with van der Waals surface area (Å²) in [6, 6.07) is 6.50. The Morgan fingerprint density at radius 3 is 2.66 bits per heavy atom. The number of benzene rings is 1. The van der Waals surface area contributed by atoms with E-state index in [4.69, 9.17) is 13.9 Å². The van der Waals surface area contributed by atoms with E-state index in [2.05, 4.69) is 66.4 Å². The second-order valence-electron chi connectivity index (χ2n) is 11.0. The number of aliphatic imine (C=N–C) groups is 1. The molecule has 0 N–H and O–H groups in total. The van der Waals surface area contributed by atoms with Crippen LogP contribution in [-0.4, -0.2) is 66.9 Å². The number of nitrogens with zero attached hydrogens (tertiary/aromatic N) is 5. The predicted octanol–water partition coefficient (Wildman–Crippen LogP) is 4.87. The summed E-state index contributed by atoms with van der Waals surface area (Å²) in [5, 5.41) is 11.5. The minimum absolute atomic E-state index is 0.000814. The third-order valence-electron chi connectivity index (χ3n) is 6.85. The normalized spacial score (nSPS) is 20.3. The van der Waals surface area contributed by atoms with Gasteiger partial charge in [0.15, 0.2) is 14.1 Å². The summed E-state index contributed by atoms with van der Waals surface area (Å²) in [7, 11) is 1.58. The molecular weight excluding hydrogens is 621 g/mol. The predicted molar refractivity (Wildman–Crippen MR) is 156 cm³/mol. The van der Waals surface area contributed by atoms with E-state index >= 15 is 0 Å². The van der Waals surface area contributed by atoms with Crippen LogP contribution in [0, 0.1) is 13.7 Å². The maximum Gasteiger partial charge on any atom is 0.351 e. The van der Waals surface area contributed by atoms with Gasteiger partial charge in [-0.2, -0.15) is 4.98 Å². The van der Waals surface area contributed by atoms with Crippen molar-refractivity contribution >= 4 is 48.8 Å². The van der Waals surface area contributed by atoms with Gasteiger partial charge >= 0.3 is 5.69 Å². The lowest BCUT2D eigenvalue weighted by atomic mass is 10.1. The van der Waals surface area contributed by atoms with E-state index in [1.165, 1.54) is 10.6 Å². The van der Waals surface area contributed by atoms with Crippen LogP contribution in [0.5, 0.6) is 0 Å². The molecule has 3 rings (SSSR count). The molecule has 208 valence electrons. The topological polar surface area (TPSA) is 121 Å². The standard InChI is InChI=1S/C25H36IN5O6Si/c1-25(2,3)38(6,7)36-15-21-20(35-14-17-10-8-9-11-19(17)31(33)34)12-22(37-21)30-13-18(26)23(28-24(30)32)27-16-29(4)5/h8-11,13,16,20-22H,12,14-15H2,1-7H3/t20-,21-,22-/m1/s1. The van der Waals surface area contributed by atoms with Crippen molar-refractivity contribution in [2.24, 2.45) is 4.99 Å². The average molecular weight is 658 g/mol. The van der Waals surface area contributed by atoms with Crippen LogP contribution in [-0.2, 0) is 20.5 Å². The Balaban J connectivity index is 1.85. The van der Waals surface area contributed by atoms with Gasteiger partial charge in [0.05, 0.1) is 39.7 Å². The first-order valence-corrected chi connectivity index (χ1v) is 16.3. The quantitative estimate of drug-likeness (QED) is 0.0887. The van der Waals surface area contributed by atoms with E-state index in [0.717, 1.165) is 0 Å². The number of nitro groups is 1. The minimum Gasteiger partial charge on any atom is -0.414 e. The van der Waals surface area contributed by atoms with Gasteiger partial charge in [0, 0.05) is 32.8 Å². The lowest BCUT2D eigenvalue weighted by Gasteiger charge is -2.37. The molecule has 11 nitrogen and oxygen atoms in total. The highest BCUT2D eigenvalue weighted by Crippen LogP contribution is 2.38. The molecular formula is C25H36IN5O6Si. The van der Waals surface area contributed by atoms with E-state index in [0.29, 0.717) is 28.0 Å². The SMILES string of the molecule is CN(C)C=Nc1nc(=O)n([C@H]2C[C@@H](OCc3ccccc3[N+](=O)[O-])[C@@H](CO[Si](C)(C)C(C)(C)C)O2)cc1I. The summed E-state index contributed by atoms with van der Waals surface area (Å²) >= 11 is 2.09. The summed E-state index contributed by atoms with van der Waals surface area (Å²) in [5.74, 6) is 0.334. The molecule has 38 heavy (non-hydrogen) atoms. The van der Waals surface area contributed by atoms with Crippen molar-refractivity contribution < 1.29 is 18.8 Å². The van der Waals surface area contributed by atoms with Crippen LogP contribution < -0.4 is 5.69 Å². The van der Waals surface area contributed by atoms with Crippen LogP contribution in [0.4, 0.5) is 11.5 Å². The molecule has 1 saturated heterocycles. The smallest absolute Gasteiger partial charge is 0.351 e. The fourth-order valence-electron chi connectivity index (χ4n) is 3.62. The Morgan fingerprint density at radius 1 is 1.34 bits per heavy atom. The number of ether oxygens (including phenoxy) is 2. The molecule has 0 amide bonds. The van der Waals surface area contributed by atoms with Crippen LogP contribution >= 0.6 is 22.6 Å². The average Bonchev–Trinajstić information content (AvgIpc) is 3.23.